The molecule has 0 saturated heterocycles. The number of hydrogen-bond donors (Lipinski definition) is 3. The normalized spacial score (nSPS) is 10.8. The molecule has 3 amide bonds. The lowest BCUT2D eigenvalue weighted by Gasteiger charge is -2.11. The van der Waals surface area contributed by atoms with Gasteiger partial charge >= 0.3 is 0 Å². The number of nitrogens with zero attached hydrogens (tertiary/aromatic N) is 1. The first-order chi connectivity index (χ1) is 16.9. The van der Waals surface area contributed by atoms with Gasteiger partial charge in [-0.15, -0.1) is 0 Å². The van der Waals surface area contributed by atoms with Gasteiger partial charge in [-0.05, 0) is 42.8 Å². The molecule has 1 aromatic heterocycles. The maximum Gasteiger partial charge on any atom is 0.270 e. The van der Waals surface area contributed by atoms with Crippen molar-refractivity contribution in [1.29, 1.82) is 0 Å². The lowest BCUT2D eigenvalue weighted by molar-refractivity contribution is -0.117. The summed E-state index contributed by atoms with van der Waals surface area (Å²) >= 11 is 0. The van der Waals surface area contributed by atoms with Gasteiger partial charge in [0.2, 0.25) is 5.91 Å². The summed E-state index contributed by atoms with van der Waals surface area (Å²) in [5.74, 6) is -1.09. The third-order valence-corrected chi connectivity index (χ3v) is 5.27. The van der Waals surface area contributed by atoms with Crippen LogP contribution >= 0.6 is 0 Å². The van der Waals surface area contributed by atoms with Gasteiger partial charge in [0.1, 0.15) is 0 Å². The van der Waals surface area contributed by atoms with E-state index in [0.29, 0.717) is 27.8 Å². The van der Waals surface area contributed by atoms with E-state index in [2.05, 4.69) is 16.2 Å². The lowest BCUT2D eigenvalue weighted by atomic mass is 10.0. The molecule has 4 rings (SSSR count). The number of aromatic nitrogens is 1. The number of carbonyl (C=O) groups excluding carboxylic acids is 3. The summed E-state index contributed by atoms with van der Waals surface area (Å²) in [6.07, 6.45) is 2.92. The summed E-state index contributed by atoms with van der Waals surface area (Å²) in [5.41, 5.74) is 10.1. The van der Waals surface area contributed by atoms with Gasteiger partial charge in [0.05, 0.1) is 16.8 Å². The molecule has 3 aromatic carbocycles. The van der Waals surface area contributed by atoms with Crippen molar-refractivity contribution in [3.63, 3.8) is 0 Å². The standard InChI is InChI=1S/C28H24N4O3/c1-18-7-12-21(13-8-18)26-17-24(23-5-3-4-6-25(23)30-26)28(35)32-31-27(34)16-11-20-9-14-22(15-10-20)29-19(2)33/h3-17H,1-2H3,(H,29,33)(H,31,34)(H,32,35)/b16-11+. The Balaban J connectivity index is 1.47. The van der Waals surface area contributed by atoms with E-state index in [0.717, 1.165) is 16.7 Å². The predicted octanol–water partition coefficient (Wildman–Crippen LogP) is 4.64. The van der Waals surface area contributed by atoms with E-state index in [1.54, 1.807) is 36.4 Å². The minimum atomic E-state index is -0.485. The molecule has 0 unspecified atom stereocenters. The Morgan fingerprint density at radius 3 is 2.29 bits per heavy atom. The molecule has 4 aromatic rings. The molecule has 0 fully saturated rings. The van der Waals surface area contributed by atoms with Crippen molar-refractivity contribution >= 4 is 40.4 Å². The number of anilines is 1. The maximum atomic E-state index is 13.0. The van der Waals surface area contributed by atoms with Crippen LogP contribution in [-0.2, 0) is 9.59 Å². The van der Waals surface area contributed by atoms with Gasteiger partial charge in [0.25, 0.3) is 11.8 Å². The van der Waals surface area contributed by atoms with Crippen molar-refractivity contribution in [3.05, 3.63) is 102 Å². The van der Waals surface area contributed by atoms with Crippen LogP contribution in [0.4, 0.5) is 5.69 Å². The van der Waals surface area contributed by atoms with Gasteiger partial charge in [-0.25, -0.2) is 4.98 Å². The Labute approximate surface area is 202 Å². The van der Waals surface area contributed by atoms with Crippen molar-refractivity contribution < 1.29 is 14.4 Å². The van der Waals surface area contributed by atoms with Gasteiger partial charge in [-0.1, -0.05) is 60.2 Å². The Kier molecular flexibility index (Phi) is 6.97. The number of para-hydroxylation sites is 1. The molecule has 174 valence electrons. The third kappa shape index (κ3) is 5.97. The molecule has 0 saturated carbocycles. The van der Waals surface area contributed by atoms with Crippen LogP contribution in [-0.4, -0.2) is 22.7 Å². The summed E-state index contributed by atoms with van der Waals surface area (Å²) in [7, 11) is 0. The highest BCUT2D eigenvalue weighted by Crippen LogP contribution is 2.25. The van der Waals surface area contributed by atoms with Crippen LogP contribution in [0.3, 0.4) is 0 Å². The van der Waals surface area contributed by atoms with Gasteiger partial charge in [0.15, 0.2) is 0 Å². The Morgan fingerprint density at radius 2 is 1.57 bits per heavy atom. The molecule has 0 aliphatic heterocycles. The summed E-state index contributed by atoms with van der Waals surface area (Å²) in [4.78, 5) is 41.1. The van der Waals surface area contributed by atoms with Crippen LogP contribution in [0.2, 0.25) is 0 Å². The van der Waals surface area contributed by atoms with E-state index in [1.807, 2.05) is 55.5 Å². The average Bonchev–Trinajstić information content (AvgIpc) is 2.86. The highest BCUT2D eigenvalue weighted by Gasteiger charge is 2.14. The molecule has 3 N–H and O–H groups in total. The molecular formula is C28H24N4O3. The van der Waals surface area contributed by atoms with Crippen molar-refractivity contribution in [2.75, 3.05) is 5.32 Å². The molecule has 0 spiro atoms. The number of carbonyl (C=O) groups is 3. The number of nitrogens with one attached hydrogen (secondary N) is 3. The quantitative estimate of drug-likeness (QED) is 0.296. The minimum absolute atomic E-state index is 0.156. The number of aryl methyl sites for hydroxylation is 1. The second-order valence-corrected chi connectivity index (χ2v) is 8.02. The fourth-order valence-electron chi connectivity index (χ4n) is 3.52. The summed E-state index contributed by atoms with van der Waals surface area (Å²) < 4.78 is 0. The number of rotatable bonds is 5. The molecule has 0 aliphatic carbocycles. The van der Waals surface area contributed by atoms with E-state index in [4.69, 9.17) is 4.98 Å². The number of fused-ring (bicyclic) bond motifs is 1. The lowest BCUT2D eigenvalue weighted by Crippen LogP contribution is -2.40. The van der Waals surface area contributed by atoms with Crippen LogP contribution in [0.5, 0.6) is 0 Å². The summed E-state index contributed by atoms with van der Waals surface area (Å²) in [6.45, 7) is 3.44. The maximum absolute atomic E-state index is 13.0. The smallest absolute Gasteiger partial charge is 0.270 e. The largest absolute Gasteiger partial charge is 0.326 e. The first kappa shape index (κ1) is 23.4. The topological polar surface area (TPSA) is 100 Å². The van der Waals surface area contributed by atoms with E-state index in [9.17, 15) is 14.4 Å². The molecule has 1 heterocycles. The Bertz CT molecular complexity index is 1430. The second kappa shape index (κ2) is 10.4. The molecule has 7 nitrogen and oxygen atoms in total. The van der Waals surface area contributed by atoms with Gasteiger partial charge < -0.3 is 5.32 Å². The van der Waals surface area contributed by atoms with Crippen molar-refractivity contribution in [2.45, 2.75) is 13.8 Å². The predicted molar refractivity (Wildman–Crippen MR) is 137 cm³/mol. The summed E-state index contributed by atoms with van der Waals surface area (Å²) in [6, 6.07) is 24.0. The molecule has 35 heavy (non-hydrogen) atoms. The Morgan fingerprint density at radius 1 is 0.857 bits per heavy atom. The van der Waals surface area contributed by atoms with Crippen molar-refractivity contribution in [3.8, 4) is 11.3 Å². The number of amides is 3. The van der Waals surface area contributed by atoms with Crippen molar-refractivity contribution in [2.24, 2.45) is 0 Å². The molecule has 7 heteroatoms. The third-order valence-electron chi connectivity index (χ3n) is 5.27. The molecule has 0 atom stereocenters. The van der Waals surface area contributed by atoms with Crippen molar-refractivity contribution in [1.82, 2.24) is 15.8 Å². The molecule has 0 bridgehead atoms. The number of pyridine rings is 1. The molecule has 0 radical (unpaired) electrons. The Hall–Kier alpha value is -4.78. The zero-order valence-electron chi connectivity index (χ0n) is 19.3. The second-order valence-electron chi connectivity index (χ2n) is 8.02. The zero-order chi connectivity index (χ0) is 24.8. The van der Waals surface area contributed by atoms with E-state index < -0.39 is 11.8 Å². The van der Waals surface area contributed by atoms with Crippen LogP contribution in [0.15, 0.2) is 84.9 Å². The van der Waals surface area contributed by atoms with Gasteiger partial charge in [-0.2, -0.15) is 0 Å². The number of benzene rings is 3. The first-order valence-corrected chi connectivity index (χ1v) is 11.0. The molecule has 0 aliphatic rings. The minimum Gasteiger partial charge on any atom is -0.326 e. The van der Waals surface area contributed by atoms with E-state index in [1.165, 1.54) is 13.0 Å². The number of hydrogen-bond acceptors (Lipinski definition) is 4. The van der Waals surface area contributed by atoms with Gasteiger partial charge in [0, 0.05) is 29.6 Å². The SMILES string of the molecule is CC(=O)Nc1ccc(/C=C/C(=O)NNC(=O)c2cc(-c3ccc(C)cc3)nc3ccccc23)cc1. The fraction of sp³-hybridized carbons (Fsp3) is 0.0714. The van der Waals surface area contributed by atoms with Crippen LogP contribution in [0.25, 0.3) is 28.2 Å². The fourth-order valence-corrected chi connectivity index (χ4v) is 3.52. The first-order valence-electron chi connectivity index (χ1n) is 11.0. The highest BCUT2D eigenvalue weighted by atomic mass is 16.2. The monoisotopic (exact) mass is 464 g/mol. The molecular weight excluding hydrogens is 440 g/mol. The average molecular weight is 465 g/mol. The number of hydrazine groups is 1. The highest BCUT2D eigenvalue weighted by molar-refractivity contribution is 6.08. The van der Waals surface area contributed by atoms with Crippen LogP contribution < -0.4 is 16.2 Å². The van der Waals surface area contributed by atoms with Crippen LogP contribution in [0.1, 0.15) is 28.4 Å². The van der Waals surface area contributed by atoms with Crippen LogP contribution in [0, 0.1) is 6.92 Å². The van der Waals surface area contributed by atoms with E-state index in [-0.39, 0.29) is 5.91 Å². The zero-order valence-corrected chi connectivity index (χ0v) is 19.3. The van der Waals surface area contributed by atoms with Gasteiger partial charge in [-0.3, -0.25) is 25.2 Å². The van der Waals surface area contributed by atoms with E-state index >= 15 is 0 Å². The summed E-state index contributed by atoms with van der Waals surface area (Å²) in [5, 5.41) is 3.37.